The van der Waals surface area contributed by atoms with E-state index in [1.165, 1.54) is 0 Å². The molecule has 3 aromatic rings. The molecule has 0 unspecified atom stereocenters. The van der Waals surface area contributed by atoms with Crippen LogP contribution >= 0.6 is 39.0 Å². The fourth-order valence-corrected chi connectivity index (χ4v) is 5.27. The van der Waals surface area contributed by atoms with E-state index in [2.05, 4.69) is 31.1 Å². The van der Waals surface area contributed by atoms with Crippen LogP contribution < -0.4 is 0 Å². The van der Waals surface area contributed by atoms with Crippen molar-refractivity contribution in [1.82, 2.24) is 20.1 Å². The van der Waals surface area contributed by atoms with Crippen molar-refractivity contribution in [3.63, 3.8) is 0 Å². The first-order valence-electron chi connectivity index (χ1n) is 7.76. The number of nitrogens with one attached hydrogen (secondary N) is 1. The van der Waals surface area contributed by atoms with Crippen LogP contribution in [-0.2, 0) is 13.0 Å². The second kappa shape index (κ2) is 6.93. The van der Waals surface area contributed by atoms with E-state index in [9.17, 15) is 4.79 Å². The van der Waals surface area contributed by atoms with Crippen LogP contribution in [0.4, 0.5) is 0 Å². The van der Waals surface area contributed by atoms with Crippen molar-refractivity contribution < 1.29 is 4.79 Å². The molecule has 128 valence electrons. The fraction of sp³-hybridized carbons (Fsp3) is 0.235. The number of nitrogens with zero attached hydrogens (tertiary/aromatic N) is 3. The first-order valence-corrected chi connectivity index (χ1v) is 10.6. The number of carbonyl (C=O) groups excluding carboxylic acids is 1. The van der Waals surface area contributed by atoms with E-state index in [4.69, 9.17) is 0 Å². The number of carbonyl (C=O) groups is 1. The average Bonchev–Trinajstić information content (AvgIpc) is 3.26. The lowest BCUT2D eigenvalue weighted by atomic mass is 10.0. The number of pyridine rings is 1. The quantitative estimate of drug-likeness (QED) is 0.624. The second-order valence-corrected chi connectivity index (χ2v) is 8.70. The molecular formula is C17H15BrN4OS2. The second-order valence-electron chi connectivity index (χ2n) is 5.69. The predicted molar refractivity (Wildman–Crippen MR) is 104 cm³/mol. The van der Waals surface area contributed by atoms with E-state index in [0.717, 1.165) is 42.5 Å². The summed E-state index contributed by atoms with van der Waals surface area (Å²) < 4.78 is 2.01. The molecule has 25 heavy (non-hydrogen) atoms. The molecule has 1 aliphatic rings. The number of thiophene rings is 1. The van der Waals surface area contributed by atoms with Crippen LogP contribution in [0, 0.1) is 0 Å². The normalized spacial score (nSPS) is 14.0. The molecule has 4 heterocycles. The molecule has 1 aliphatic heterocycles. The molecule has 3 aromatic heterocycles. The SMILES string of the molecule is CSc1sc(-c2ccn[nH]2)c2c1C(=O)N(Cc1ccc(Br)cn1)CC2. The van der Waals surface area contributed by atoms with Gasteiger partial charge >= 0.3 is 0 Å². The molecule has 0 spiro atoms. The topological polar surface area (TPSA) is 61.9 Å². The number of hydrogen-bond donors (Lipinski definition) is 1. The first-order chi connectivity index (χ1) is 12.2. The minimum Gasteiger partial charge on any atom is -0.332 e. The zero-order valence-electron chi connectivity index (χ0n) is 13.5. The van der Waals surface area contributed by atoms with Gasteiger partial charge in [0, 0.05) is 23.4 Å². The highest BCUT2D eigenvalue weighted by Crippen LogP contribution is 2.43. The van der Waals surface area contributed by atoms with Crippen LogP contribution in [0.5, 0.6) is 0 Å². The Morgan fingerprint density at radius 2 is 2.28 bits per heavy atom. The third-order valence-corrected chi connectivity index (χ3v) is 7.03. The van der Waals surface area contributed by atoms with Gasteiger partial charge in [-0.05, 0) is 52.4 Å². The Morgan fingerprint density at radius 3 is 2.96 bits per heavy atom. The highest BCUT2D eigenvalue weighted by atomic mass is 79.9. The standard InChI is InChI=1S/C17H15BrN4OS2/c1-24-17-14-12(15(25-17)13-4-6-20-21-13)5-7-22(16(14)23)9-11-3-2-10(18)8-19-11/h2-4,6,8H,5,7,9H2,1H3,(H,20,21). The summed E-state index contributed by atoms with van der Waals surface area (Å²) in [5, 5.41) is 7.07. The van der Waals surface area contributed by atoms with Crippen LogP contribution in [0.3, 0.4) is 0 Å². The molecule has 0 saturated carbocycles. The Balaban J connectivity index is 1.67. The van der Waals surface area contributed by atoms with Crippen molar-refractivity contribution in [2.24, 2.45) is 0 Å². The molecule has 5 nitrogen and oxygen atoms in total. The van der Waals surface area contributed by atoms with Gasteiger partial charge in [0.2, 0.25) is 0 Å². The van der Waals surface area contributed by atoms with Crippen molar-refractivity contribution in [1.29, 1.82) is 0 Å². The summed E-state index contributed by atoms with van der Waals surface area (Å²) in [4.78, 5) is 20.5. The van der Waals surface area contributed by atoms with Crippen molar-refractivity contribution >= 4 is 44.9 Å². The van der Waals surface area contributed by atoms with Crippen molar-refractivity contribution in [2.45, 2.75) is 17.2 Å². The summed E-state index contributed by atoms with van der Waals surface area (Å²) in [5.41, 5.74) is 3.88. The third-order valence-electron chi connectivity index (χ3n) is 4.18. The van der Waals surface area contributed by atoms with Crippen molar-refractivity contribution in [3.05, 3.63) is 51.9 Å². The number of H-pyrrole nitrogens is 1. The van der Waals surface area contributed by atoms with Crippen molar-refractivity contribution in [3.8, 4) is 10.6 Å². The summed E-state index contributed by atoms with van der Waals surface area (Å²) in [5.74, 6) is 0.0948. The summed E-state index contributed by atoms with van der Waals surface area (Å²) >= 11 is 6.69. The van der Waals surface area contributed by atoms with Crippen molar-refractivity contribution in [2.75, 3.05) is 12.8 Å². The van der Waals surface area contributed by atoms with E-state index in [-0.39, 0.29) is 5.91 Å². The van der Waals surface area contributed by atoms with Crippen LogP contribution in [0.1, 0.15) is 21.6 Å². The van der Waals surface area contributed by atoms with Gasteiger partial charge in [0.05, 0.1) is 32.6 Å². The monoisotopic (exact) mass is 434 g/mol. The summed E-state index contributed by atoms with van der Waals surface area (Å²) in [6.07, 6.45) is 6.38. The van der Waals surface area contributed by atoms with Gasteiger partial charge < -0.3 is 4.90 Å². The molecule has 4 rings (SSSR count). The number of aromatic nitrogens is 3. The molecule has 0 bridgehead atoms. The first kappa shape index (κ1) is 16.8. The van der Waals surface area contributed by atoms with Gasteiger partial charge in [-0.15, -0.1) is 23.1 Å². The highest BCUT2D eigenvalue weighted by Gasteiger charge is 2.32. The number of fused-ring (bicyclic) bond motifs is 1. The largest absolute Gasteiger partial charge is 0.332 e. The van der Waals surface area contributed by atoms with E-state index in [1.54, 1.807) is 35.5 Å². The minimum atomic E-state index is 0.0948. The molecule has 1 amide bonds. The predicted octanol–water partition coefficient (Wildman–Crippen LogP) is 4.22. The van der Waals surface area contributed by atoms with Gasteiger partial charge in [0.1, 0.15) is 0 Å². The molecule has 0 atom stereocenters. The number of hydrogen-bond acceptors (Lipinski definition) is 5. The molecular weight excluding hydrogens is 420 g/mol. The molecule has 8 heteroatoms. The zero-order valence-corrected chi connectivity index (χ0v) is 16.7. The lowest BCUT2D eigenvalue weighted by molar-refractivity contribution is 0.0722. The Labute approximate surface area is 162 Å². The van der Waals surface area contributed by atoms with E-state index in [1.807, 2.05) is 29.4 Å². The fourth-order valence-electron chi connectivity index (χ4n) is 2.99. The molecule has 0 aliphatic carbocycles. The minimum absolute atomic E-state index is 0.0948. The molecule has 1 N–H and O–H groups in total. The molecule has 0 saturated heterocycles. The lowest BCUT2D eigenvalue weighted by Crippen LogP contribution is -2.37. The van der Waals surface area contributed by atoms with Crippen LogP contribution in [0.15, 0.2) is 39.3 Å². The number of aromatic amines is 1. The van der Waals surface area contributed by atoms with Crippen LogP contribution in [0.2, 0.25) is 0 Å². The smallest absolute Gasteiger partial charge is 0.256 e. The van der Waals surface area contributed by atoms with Gasteiger partial charge in [-0.1, -0.05) is 0 Å². The van der Waals surface area contributed by atoms with E-state index >= 15 is 0 Å². The summed E-state index contributed by atoms with van der Waals surface area (Å²) in [7, 11) is 0. The average molecular weight is 435 g/mol. The maximum absolute atomic E-state index is 13.1. The lowest BCUT2D eigenvalue weighted by Gasteiger charge is -2.27. The Hall–Kier alpha value is -1.64. The van der Waals surface area contributed by atoms with Crippen LogP contribution in [0.25, 0.3) is 10.6 Å². The maximum Gasteiger partial charge on any atom is 0.256 e. The van der Waals surface area contributed by atoms with Gasteiger partial charge in [-0.3, -0.25) is 14.9 Å². The molecule has 0 fully saturated rings. The van der Waals surface area contributed by atoms with E-state index < -0.39 is 0 Å². The zero-order chi connectivity index (χ0) is 17.4. The maximum atomic E-state index is 13.1. The Morgan fingerprint density at radius 1 is 1.40 bits per heavy atom. The number of rotatable bonds is 4. The van der Waals surface area contributed by atoms with E-state index in [0.29, 0.717) is 13.1 Å². The summed E-state index contributed by atoms with van der Waals surface area (Å²) in [6.45, 7) is 1.24. The van der Waals surface area contributed by atoms with Gasteiger partial charge in [0.15, 0.2) is 0 Å². The highest BCUT2D eigenvalue weighted by molar-refractivity contribution is 9.10. The number of amides is 1. The van der Waals surface area contributed by atoms with Gasteiger partial charge in [-0.25, -0.2) is 0 Å². The Kier molecular flexibility index (Phi) is 4.66. The number of thioether (sulfide) groups is 1. The van der Waals surface area contributed by atoms with Gasteiger partial charge in [-0.2, -0.15) is 5.10 Å². The Bertz CT molecular complexity index is 906. The molecule has 0 aromatic carbocycles. The summed E-state index contributed by atoms with van der Waals surface area (Å²) in [6, 6.07) is 5.86. The number of halogens is 1. The van der Waals surface area contributed by atoms with Crippen LogP contribution in [-0.4, -0.2) is 38.8 Å². The third kappa shape index (κ3) is 3.14. The molecule has 0 radical (unpaired) electrons. The van der Waals surface area contributed by atoms with Gasteiger partial charge in [0.25, 0.3) is 5.91 Å².